The van der Waals surface area contributed by atoms with E-state index < -0.39 is 0 Å². The van der Waals surface area contributed by atoms with Crippen LogP contribution in [0.2, 0.25) is 5.02 Å². The number of likely N-dealkylation sites (N-methyl/N-ethyl adjacent to an activating group) is 1. The van der Waals surface area contributed by atoms with E-state index in [1.165, 1.54) is 11.1 Å². The normalized spacial score (nSPS) is 11.2. The van der Waals surface area contributed by atoms with E-state index in [1.54, 1.807) is 0 Å². The van der Waals surface area contributed by atoms with E-state index in [0.717, 1.165) is 23.1 Å². The zero-order valence-electron chi connectivity index (χ0n) is 20.5. The highest BCUT2D eigenvalue weighted by Crippen LogP contribution is 2.31. The highest BCUT2D eigenvalue weighted by atomic mass is 35.5. The van der Waals surface area contributed by atoms with Gasteiger partial charge >= 0.3 is 5.97 Å². The van der Waals surface area contributed by atoms with Crippen molar-refractivity contribution >= 4 is 17.6 Å². The summed E-state index contributed by atoms with van der Waals surface area (Å²) in [6.07, 6.45) is 4.59. The average molecular weight is 482 g/mol. The standard InChI is InChI=1S/C27H32ClN3O3/c1-6-22-20(16-31(5)17-26(32)33-7-2)9-8-10-23(22)21-14-29-27(30-15-21)19-11-12-25(24(28)13-19)34-18(3)4/h8-15,18H,6-7,16-17H2,1-5H3. The molecule has 180 valence electrons. The topological polar surface area (TPSA) is 64.5 Å². The van der Waals surface area contributed by atoms with Crippen molar-refractivity contribution in [3.8, 4) is 28.3 Å². The molecular formula is C27H32ClN3O3. The highest BCUT2D eigenvalue weighted by Gasteiger charge is 2.14. The van der Waals surface area contributed by atoms with Crippen LogP contribution >= 0.6 is 11.6 Å². The Balaban J connectivity index is 1.82. The van der Waals surface area contributed by atoms with Crippen molar-refractivity contribution in [1.82, 2.24) is 14.9 Å². The van der Waals surface area contributed by atoms with Gasteiger partial charge in [-0.15, -0.1) is 0 Å². The monoisotopic (exact) mass is 481 g/mol. The molecule has 0 atom stereocenters. The van der Waals surface area contributed by atoms with Crippen LogP contribution in [0.15, 0.2) is 48.8 Å². The van der Waals surface area contributed by atoms with Gasteiger partial charge in [0.2, 0.25) is 0 Å². The van der Waals surface area contributed by atoms with Crippen LogP contribution in [0.1, 0.15) is 38.8 Å². The van der Waals surface area contributed by atoms with Crippen LogP contribution in [0.3, 0.4) is 0 Å². The Morgan fingerprint density at radius 1 is 1.09 bits per heavy atom. The van der Waals surface area contributed by atoms with Gasteiger partial charge in [-0.3, -0.25) is 9.69 Å². The molecule has 0 aliphatic carbocycles. The van der Waals surface area contributed by atoms with E-state index in [4.69, 9.17) is 21.1 Å². The SMILES string of the molecule is CCOC(=O)CN(C)Cc1cccc(-c2cnc(-c3ccc(OC(C)C)c(Cl)c3)nc2)c1CC. The molecule has 0 bridgehead atoms. The zero-order valence-corrected chi connectivity index (χ0v) is 21.2. The lowest BCUT2D eigenvalue weighted by atomic mass is 9.95. The molecule has 0 aliphatic heterocycles. The first kappa shape index (κ1) is 25.7. The van der Waals surface area contributed by atoms with Gasteiger partial charge in [-0.05, 0) is 69.1 Å². The molecule has 0 spiro atoms. The third-order valence-electron chi connectivity index (χ3n) is 5.29. The Morgan fingerprint density at radius 2 is 1.82 bits per heavy atom. The molecular weight excluding hydrogens is 450 g/mol. The minimum atomic E-state index is -0.216. The van der Waals surface area contributed by atoms with Crippen molar-refractivity contribution < 1.29 is 14.3 Å². The molecule has 0 fully saturated rings. The Kier molecular flexibility index (Phi) is 9.02. The van der Waals surface area contributed by atoms with E-state index in [0.29, 0.717) is 29.7 Å². The first-order valence-electron chi connectivity index (χ1n) is 11.6. The maximum absolute atomic E-state index is 11.8. The van der Waals surface area contributed by atoms with Crippen molar-refractivity contribution in [3.05, 3.63) is 64.9 Å². The van der Waals surface area contributed by atoms with Crippen LogP contribution in [0.5, 0.6) is 5.75 Å². The van der Waals surface area contributed by atoms with Gasteiger partial charge in [-0.2, -0.15) is 0 Å². The molecule has 6 nitrogen and oxygen atoms in total. The summed E-state index contributed by atoms with van der Waals surface area (Å²) in [4.78, 5) is 23.0. The van der Waals surface area contributed by atoms with Crippen LogP contribution in [-0.2, 0) is 22.5 Å². The number of aromatic nitrogens is 2. The van der Waals surface area contributed by atoms with Crippen LogP contribution < -0.4 is 4.74 Å². The van der Waals surface area contributed by atoms with E-state index >= 15 is 0 Å². The average Bonchev–Trinajstić information content (AvgIpc) is 2.80. The van der Waals surface area contributed by atoms with Crippen molar-refractivity contribution in [3.63, 3.8) is 0 Å². The number of hydrogen-bond acceptors (Lipinski definition) is 6. The minimum Gasteiger partial charge on any atom is -0.489 e. The lowest BCUT2D eigenvalue weighted by molar-refractivity contribution is -0.144. The molecule has 0 unspecified atom stereocenters. The predicted molar refractivity (Wildman–Crippen MR) is 136 cm³/mol. The summed E-state index contributed by atoms with van der Waals surface area (Å²) in [6, 6.07) is 11.8. The maximum atomic E-state index is 11.8. The fourth-order valence-corrected chi connectivity index (χ4v) is 4.08. The zero-order chi connectivity index (χ0) is 24.7. The Bertz CT molecular complexity index is 1120. The van der Waals surface area contributed by atoms with Gasteiger partial charge in [-0.1, -0.05) is 36.7 Å². The minimum absolute atomic E-state index is 0.0485. The Labute approximate surface area is 206 Å². The summed E-state index contributed by atoms with van der Waals surface area (Å²) in [5, 5.41) is 0.534. The fourth-order valence-electron chi connectivity index (χ4n) is 3.85. The Morgan fingerprint density at radius 3 is 2.44 bits per heavy atom. The number of halogens is 1. The summed E-state index contributed by atoms with van der Waals surface area (Å²) in [7, 11) is 1.92. The first-order valence-corrected chi connectivity index (χ1v) is 11.9. The van der Waals surface area contributed by atoms with Gasteiger partial charge in [0.1, 0.15) is 5.75 Å². The van der Waals surface area contributed by atoms with Crippen molar-refractivity contribution in [2.45, 2.75) is 46.8 Å². The molecule has 3 rings (SSSR count). The number of esters is 1. The van der Waals surface area contributed by atoms with Crippen molar-refractivity contribution in [2.24, 2.45) is 0 Å². The number of ether oxygens (including phenoxy) is 2. The fraction of sp³-hybridized carbons (Fsp3) is 0.370. The number of nitrogens with zero attached hydrogens (tertiary/aromatic N) is 3. The van der Waals surface area contributed by atoms with Crippen molar-refractivity contribution in [2.75, 3.05) is 20.2 Å². The lowest BCUT2D eigenvalue weighted by Crippen LogP contribution is -2.27. The Hall–Kier alpha value is -2.96. The van der Waals surface area contributed by atoms with Crippen LogP contribution in [0, 0.1) is 0 Å². The van der Waals surface area contributed by atoms with Crippen molar-refractivity contribution in [1.29, 1.82) is 0 Å². The number of hydrogen-bond donors (Lipinski definition) is 0. The van der Waals surface area contributed by atoms with Gasteiger partial charge in [0.05, 0.1) is 24.3 Å². The second kappa shape index (κ2) is 12.0. The van der Waals surface area contributed by atoms with E-state index in [9.17, 15) is 4.79 Å². The summed E-state index contributed by atoms with van der Waals surface area (Å²) < 4.78 is 10.8. The smallest absolute Gasteiger partial charge is 0.320 e. The van der Waals surface area contributed by atoms with Gasteiger partial charge in [0.25, 0.3) is 0 Å². The third-order valence-corrected chi connectivity index (χ3v) is 5.58. The number of rotatable bonds is 10. The molecule has 3 aromatic rings. The molecule has 2 aromatic carbocycles. The predicted octanol–water partition coefficient (Wildman–Crippen LogP) is 5.81. The van der Waals surface area contributed by atoms with Crippen LogP contribution in [-0.4, -0.2) is 47.1 Å². The summed E-state index contributed by atoms with van der Waals surface area (Å²) in [6.45, 7) is 9.16. The number of benzene rings is 2. The van der Waals surface area contributed by atoms with E-state index in [-0.39, 0.29) is 18.6 Å². The largest absolute Gasteiger partial charge is 0.489 e. The van der Waals surface area contributed by atoms with Crippen LogP contribution in [0.4, 0.5) is 0 Å². The lowest BCUT2D eigenvalue weighted by Gasteiger charge is -2.19. The summed E-state index contributed by atoms with van der Waals surface area (Å²) in [5.41, 5.74) is 5.25. The third kappa shape index (κ3) is 6.55. The molecule has 0 saturated carbocycles. The van der Waals surface area contributed by atoms with Gasteiger partial charge in [0, 0.05) is 30.1 Å². The van der Waals surface area contributed by atoms with Gasteiger partial charge in [-0.25, -0.2) is 9.97 Å². The van der Waals surface area contributed by atoms with Crippen LogP contribution in [0.25, 0.3) is 22.5 Å². The molecule has 34 heavy (non-hydrogen) atoms. The molecule has 7 heteroatoms. The number of carbonyl (C=O) groups is 1. The quantitative estimate of drug-likeness (QED) is 0.340. The summed E-state index contributed by atoms with van der Waals surface area (Å²) in [5.74, 6) is 1.03. The van der Waals surface area contributed by atoms with E-state index in [2.05, 4.69) is 29.0 Å². The second-order valence-corrected chi connectivity index (χ2v) is 8.79. The molecule has 0 radical (unpaired) electrons. The van der Waals surface area contributed by atoms with E-state index in [1.807, 2.05) is 69.4 Å². The molecule has 1 aromatic heterocycles. The molecule has 0 saturated heterocycles. The molecule has 1 heterocycles. The molecule has 0 amide bonds. The highest BCUT2D eigenvalue weighted by molar-refractivity contribution is 6.32. The number of carbonyl (C=O) groups excluding carboxylic acids is 1. The maximum Gasteiger partial charge on any atom is 0.320 e. The molecule has 0 aliphatic rings. The second-order valence-electron chi connectivity index (χ2n) is 8.38. The summed E-state index contributed by atoms with van der Waals surface area (Å²) >= 11 is 6.38. The first-order chi connectivity index (χ1) is 16.3. The van der Waals surface area contributed by atoms with Gasteiger partial charge < -0.3 is 9.47 Å². The molecule has 0 N–H and O–H groups in total. The van der Waals surface area contributed by atoms with Gasteiger partial charge in [0.15, 0.2) is 5.82 Å².